The van der Waals surface area contributed by atoms with Gasteiger partial charge in [-0.25, -0.2) is 8.42 Å². The second-order valence-corrected chi connectivity index (χ2v) is 6.96. The predicted octanol–water partition coefficient (Wildman–Crippen LogP) is 0.876. The molecule has 1 fully saturated rings. The molecule has 20 heavy (non-hydrogen) atoms. The van der Waals surface area contributed by atoms with Crippen molar-refractivity contribution in [3.05, 3.63) is 18.2 Å². The van der Waals surface area contributed by atoms with Gasteiger partial charge in [-0.15, -0.1) is 0 Å². The van der Waals surface area contributed by atoms with E-state index in [1.165, 1.54) is 18.2 Å². The Morgan fingerprint density at radius 2 is 2.15 bits per heavy atom. The summed E-state index contributed by atoms with van der Waals surface area (Å²) in [6.07, 6.45) is 3.82. The number of phenols is 1. The van der Waals surface area contributed by atoms with Gasteiger partial charge in [0.15, 0.2) is 9.84 Å². The molecule has 2 rings (SSSR count). The molecule has 1 saturated heterocycles. The first-order valence-corrected chi connectivity index (χ1v) is 8.34. The van der Waals surface area contributed by atoms with Crippen LogP contribution in [0.4, 0.5) is 5.69 Å². The molecule has 1 aliphatic rings. The number of sulfone groups is 1. The van der Waals surface area contributed by atoms with Crippen LogP contribution < -0.4 is 10.6 Å². The van der Waals surface area contributed by atoms with Crippen LogP contribution in [-0.4, -0.2) is 38.3 Å². The van der Waals surface area contributed by atoms with Gasteiger partial charge in [-0.1, -0.05) is 6.42 Å². The van der Waals surface area contributed by atoms with Crippen LogP contribution in [-0.2, 0) is 14.6 Å². The zero-order valence-electron chi connectivity index (χ0n) is 11.2. The molecule has 110 valence electrons. The summed E-state index contributed by atoms with van der Waals surface area (Å²) >= 11 is 0. The van der Waals surface area contributed by atoms with E-state index < -0.39 is 9.84 Å². The van der Waals surface area contributed by atoms with Crippen LogP contribution in [0.5, 0.6) is 5.75 Å². The lowest BCUT2D eigenvalue weighted by atomic mass is 10.0. The summed E-state index contributed by atoms with van der Waals surface area (Å²) in [4.78, 5) is 12.1. The Bertz CT molecular complexity index is 607. The minimum absolute atomic E-state index is 0.0576. The molecule has 1 atom stereocenters. The molecule has 0 bridgehead atoms. The Kier molecular flexibility index (Phi) is 4.29. The summed E-state index contributed by atoms with van der Waals surface area (Å²) in [6, 6.07) is 3.54. The molecule has 3 N–H and O–H groups in total. The zero-order chi connectivity index (χ0) is 14.8. The first-order valence-electron chi connectivity index (χ1n) is 6.45. The average Bonchev–Trinajstić information content (AvgIpc) is 2.41. The van der Waals surface area contributed by atoms with Crippen molar-refractivity contribution < 1.29 is 18.3 Å². The molecule has 1 aliphatic heterocycles. The summed E-state index contributed by atoms with van der Waals surface area (Å²) in [5.41, 5.74) is 0.116. The second kappa shape index (κ2) is 5.80. The van der Waals surface area contributed by atoms with Crippen LogP contribution in [0.3, 0.4) is 0 Å². The molecule has 1 amide bonds. The number of aromatic hydroxyl groups is 1. The minimum atomic E-state index is -3.38. The lowest BCUT2D eigenvalue weighted by Crippen LogP contribution is -2.43. The Morgan fingerprint density at radius 1 is 1.40 bits per heavy atom. The van der Waals surface area contributed by atoms with Crippen molar-refractivity contribution >= 4 is 21.4 Å². The number of amides is 1. The van der Waals surface area contributed by atoms with E-state index >= 15 is 0 Å². The van der Waals surface area contributed by atoms with Crippen molar-refractivity contribution in [3.63, 3.8) is 0 Å². The van der Waals surface area contributed by atoms with Gasteiger partial charge in [0.1, 0.15) is 5.75 Å². The lowest BCUT2D eigenvalue weighted by molar-refractivity contribution is -0.118. The fraction of sp³-hybridized carbons (Fsp3) is 0.462. The summed E-state index contributed by atoms with van der Waals surface area (Å²) in [5.74, 6) is -0.410. The number of hydrogen-bond acceptors (Lipinski definition) is 5. The lowest BCUT2D eigenvalue weighted by Gasteiger charge is -2.22. The molecule has 0 aliphatic carbocycles. The maximum Gasteiger partial charge on any atom is 0.241 e. The van der Waals surface area contributed by atoms with Gasteiger partial charge in [-0.2, -0.15) is 0 Å². The smallest absolute Gasteiger partial charge is 0.241 e. The highest BCUT2D eigenvalue weighted by Gasteiger charge is 2.21. The average molecular weight is 298 g/mol. The maximum absolute atomic E-state index is 12.0. The van der Waals surface area contributed by atoms with Gasteiger partial charge in [-0.05, 0) is 37.6 Å². The monoisotopic (exact) mass is 298 g/mol. The van der Waals surface area contributed by atoms with E-state index in [-0.39, 0.29) is 28.3 Å². The normalized spacial score (nSPS) is 19.6. The van der Waals surface area contributed by atoms with Crippen molar-refractivity contribution in [1.82, 2.24) is 5.32 Å². The van der Waals surface area contributed by atoms with Gasteiger partial charge in [0.05, 0.1) is 16.6 Å². The topological polar surface area (TPSA) is 95.5 Å². The fourth-order valence-electron chi connectivity index (χ4n) is 2.14. The third-order valence-electron chi connectivity index (χ3n) is 3.28. The molecule has 0 saturated carbocycles. The highest BCUT2D eigenvalue weighted by Crippen LogP contribution is 2.26. The van der Waals surface area contributed by atoms with Gasteiger partial charge in [0.2, 0.25) is 5.91 Å². The van der Waals surface area contributed by atoms with Gasteiger partial charge in [0.25, 0.3) is 0 Å². The summed E-state index contributed by atoms with van der Waals surface area (Å²) in [7, 11) is -3.38. The molecule has 1 unspecified atom stereocenters. The van der Waals surface area contributed by atoms with E-state index in [0.29, 0.717) is 0 Å². The molecule has 0 spiro atoms. The van der Waals surface area contributed by atoms with E-state index in [0.717, 1.165) is 32.1 Å². The molecule has 7 heteroatoms. The van der Waals surface area contributed by atoms with E-state index in [4.69, 9.17) is 0 Å². The molecular formula is C13H18N2O4S. The van der Waals surface area contributed by atoms with Crippen LogP contribution in [0.25, 0.3) is 0 Å². The van der Waals surface area contributed by atoms with Crippen molar-refractivity contribution in [1.29, 1.82) is 0 Å². The number of carbonyl (C=O) groups excluding carboxylic acids is 1. The number of anilines is 1. The Labute approximate surface area is 118 Å². The SMILES string of the molecule is CS(=O)(=O)c1ccc(O)c(NC(=O)C2CCCCN2)c1. The highest BCUT2D eigenvalue weighted by molar-refractivity contribution is 7.90. The number of benzene rings is 1. The summed E-state index contributed by atoms with van der Waals surface area (Å²) in [6.45, 7) is 0.785. The Hall–Kier alpha value is -1.60. The van der Waals surface area contributed by atoms with E-state index in [9.17, 15) is 18.3 Å². The highest BCUT2D eigenvalue weighted by atomic mass is 32.2. The standard InChI is InChI=1S/C13H18N2O4S/c1-20(18,19)9-5-6-12(16)11(8-9)15-13(17)10-4-2-3-7-14-10/h5-6,8,10,14,16H,2-4,7H2,1H3,(H,15,17). The maximum atomic E-state index is 12.0. The number of piperidine rings is 1. The van der Waals surface area contributed by atoms with E-state index in [2.05, 4.69) is 10.6 Å². The number of hydrogen-bond donors (Lipinski definition) is 3. The van der Waals surface area contributed by atoms with Crippen LogP contribution in [0, 0.1) is 0 Å². The number of nitrogens with one attached hydrogen (secondary N) is 2. The van der Waals surface area contributed by atoms with Crippen molar-refractivity contribution in [2.24, 2.45) is 0 Å². The first kappa shape index (κ1) is 14.8. The van der Waals surface area contributed by atoms with Crippen LogP contribution in [0.1, 0.15) is 19.3 Å². The molecule has 1 heterocycles. The van der Waals surface area contributed by atoms with E-state index in [1.54, 1.807) is 0 Å². The first-order chi connectivity index (χ1) is 9.38. The third-order valence-corrected chi connectivity index (χ3v) is 4.39. The number of rotatable bonds is 3. The van der Waals surface area contributed by atoms with Crippen LogP contribution in [0.2, 0.25) is 0 Å². The molecule has 0 aromatic heterocycles. The van der Waals surface area contributed by atoms with Crippen molar-refractivity contribution in [2.75, 3.05) is 18.1 Å². The van der Waals surface area contributed by atoms with Gasteiger partial charge in [-0.3, -0.25) is 4.79 Å². The van der Waals surface area contributed by atoms with Crippen LogP contribution in [0.15, 0.2) is 23.1 Å². The Morgan fingerprint density at radius 3 is 2.75 bits per heavy atom. The molecule has 6 nitrogen and oxygen atoms in total. The van der Waals surface area contributed by atoms with Gasteiger partial charge < -0.3 is 15.7 Å². The molecule has 1 aromatic rings. The number of phenolic OH excluding ortho intramolecular Hbond substituents is 1. The predicted molar refractivity (Wildman–Crippen MR) is 75.5 cm³/mol. The summed E-state index contributed by atoms with van der Waals surface area (Å²) in [5, 5.41) is 15.4. The molecular weight excluding hydrogens is 280 g/mol. The summed E-state index contributed by atoms with van der Waals surface area (Å²) < 4.78 is 23.0. The van der Waals surface area contributed by atoms with E-state index in [1.807, 2.05) is 0 Å². The quantitative estimate of drug-likeness (QED) is 0.720. The van der Waals surface area contributed by atoms with Crippen LogP contribution >= 0.6 is 0 Å². The van der Waals surface area contributed by atoms with Gasteiger partial charge in [0, 0.05) is 6.26 Å². The zero-order valence-corrected chi connectivity index (χ0v) is 12.0. The largest absolute Gasteiger partial charge is 0.506 e. The van der Waals surface area contributed by atoms with Gasteiger partial charge >= 0.3 is 0 Å². The fourth-order valence-corrected chi connectivity index (χ4v) is 2.79. The molecule has 1 aromatic carbocycles. The number of carbonyl (C=O) groups is 1. The third kappa shape index (κ3) is 3.49. The van der Waals surface area contributed by atoms with Crippen molar-refractivity contribution in [3.8, 4) is 5.75 Å². The van der Waals surface area contributed by atoms with Crippen molar-refractivity contribution in [2.45, 2.75) is 30.2 Å². The Balaban J connectivity index is 2.18. The minimum Gasteiger partial charge on any atom is -0.506 e. The molecule has 0 radical (unpaired) electrons. The second-order valence-electron chi connectivity index (χ2n) is 4.94.